The first kappa shape index (κ1) is 31.4. The first-order valence-electron chi connectivity index (χ1n) is 15.3. The van der Waals surface area contributed by atoms with E-state index in [1.807, 2.05) is 12.1 Å². The predicted octanol–water partition coefficient (Wildman–Crippen LogP) is 10.7. The van der Waals surface area contributed by atoms with E-state index in [2.05, 4.69) is 11.7 Å². The van der Waals surface area contributed by atoms with E-state index in [1.54, 1.807) is 18.2 Å². The normalized spacial score (nSPS) is 20.6. The number of benzene rings is 3. The lowest BCUT2D eigenvalue weighted by atomic mass is 9.73. The second-order valence-corrected chi connectivity index (χ2v) is 12.2. The summed E-state index contributed by atoms with van der Waals surface area (Å²) in [4.78, 5) is 0. The molecule has 2 aliphatic rings. The number of hydrogen-bond donors (Lipinski definition) is 0. The van der Waals surface area contributed by atoms with Crippen molar-refractivity contribution in [2.24, 2.45) is 5.92 Å². The zero-order valence-corrected chi connectivity index (χ0v) is 24.3. The second-order valence-electron chi connectivity index (χ2n) is 12.2. The maximum absolute atomic E-state index is 15.8. The van der Waals surface area contributed by atoms with Gasteiger partial charge in [-0.25, -0.2) is 17.6 Å². The molecule has 0 N–H and O–H groups in total. The van der Waals surface area contributed by atoms with Gasteiger partial charge in [-0.15, -0.1) is 13.2 Å². The standard InChI is InChI=1S/C35H37F7O/c1-2-3-4-21-5-8-25(30(36)20-21)9-6-22-7-18-28-29(19-22)33(38)34(39)31(32(28)37)26-12-10-23(11-13-26)24-14-16-27(17-15-24)43-35(40,41)42/h5,8,14-17,20,22-23,26H,2-4,6-7,9-13,18-19H2,1H3. The highest BCUT2D eigenvalue weighted by Gasteiger charge is 2.35. The van der Waals surface area contributed by atoms with Crippen LogP contribution >= 0.6 is 0 Å². The number of halogens is 7. The van der Waals surface area contributed by atoms with Gasteiger partial charge >= 0.3 is 6.36 Å². The van der Waals surface area contributed by atoms with E-state index >= 15 is 13.2 Å². The molecule has 0 aromatic heterocycles. The van der Waals surface area contributed by atoms with Crippen molar-refractivity contribution in [3.63, 3.8) is 0 Å². The van der Waals surface area contributed by atoms with E-state index in [0.717, 1.165) is 30.4 Å². The number of aryl methyl sites for hydroxylation is 2. The summed E-state index contributed by atoms with van der Waals surface area (Å²) >= 11 is 0. The highest BCUT2D eigenvalue weighted by atomic mass is 19.4. The van der Waals surface area contributed by atoms with Gasteiger partial charge in [0.2, 0.25) is 0 Å². The summed E-state index contributed by atoms with van der Waals surface area (Å²) in [7, 11) is 0. The van der Waals surface area contributed by atoms with E-state index in [4.69, 9.17) is 0 Å². The highest BCUT2D eigenvalue weighted by Crippen LogP contribution is 2.45. The van der Waals surface area contributed by atoms with Crippen molar-refractivity contribution in [2.75, 3.05) is 0 Å². The van der Waals surface area contributed by atoms with E-state index < -0.39 is 29.7 Å². The molecule has 0 aliphatic heterocycles. The largest absolute Gasteiger partial charge is 0.573 e. The van der Waals surface area contributed by atoms with Crippen LogP contribution in [0, 0.1) is 29.2 Å². The number of unbranched alkanes of at least 4 members (excludes halogenated alkanes) is 1. The van der Waals surface area contributed by atoms with Crippen LogP contribution in [-0.4, -0.2) is 6.36 Å². The predicted molar refractivity (Wildman–Crippen MR) is 152 cm³/mol. The van der Waals surface area contributed by atoms with Crippen LogP contribution in [0.4, 0.5) is 30.7 Å². The molecule has 0 radical (unpaired) electrons. The van der Waals surface area contributed by atoms with Crippen molar-refractivity contribution in [1.29, 1.82) is 0 Å². The average Bonchev–Trinajstić information content (AvgIpc) is 2.98. The van der Waals surface area contributed by atoms with Crippen LogP contribution in [0.15, 0.2) is 42.5 Å². The SMILES string of the molecule is CCCCc1ccc(CCC2CCc3c(F)c(C4CCC(c5ccc(OC(F)(F)F)cc5)CC4)c(F)c(F)c3C2)c(F)c1. The lowest BCUT2D eigenvalue weighted by Gasteiger charge is -2.32. The van der Waals surface area contributed by atoms with Crippen molar-refractivity contribution >= 4 is 0 Å². The Bertz CT molecular complexity index is 1410. The molecule has 0 heterocycles. The Morgan fingerprint density at radius 2 is 1.47 bits per heavy atom. The summed E-state index contributed by atoms with van der Waals surface area (Å²) in [5.74, 6) is -3.68. The molecule has 2 aliphatic carbocycles. The number of alkyl halides is 3. The fourth-order valence-corrected chi connectivity index (χ4v) is 6.94. The van der Waals surface area contributed by atoms with Gasteiger partial charge in [-0.2, -0.15) is 0 Å². The molecule has 5 rings (SSSR count). The van der Waals surface area contributed by atoms with E-state index in [1.165, 1.54) is 12.1 Å². The number of ether oxygens (including phenoxy) is 1. The molecule has 1 unspecified atom stereocenters. The van der Waals surface area contributed by atoms with Crippen LogP contribution in [-0.2, 0) is 25.7 Å². The van der Waals surface area contributed by atoms with E-state index in [0.29, 0.717) is 56.9 Å². The summed E-state index contributed by atoms with van der Waals surface area (Å²) in [6, 6.07) is 11.0. The fraction of sp³-hybridized carbons (Fsp3) is 0.486. The highest BCUT2D eigenvalue weighted by molar-refractivity contribution is 5.41. The van der Waals surface area contributed by atoms with Gasteiger partial charge in [0.25, 0.3) is 0 Å². The van der Waals surface area contributed by atoms with Gasteiger partial charge in [0.1, 0.15) is 17.4 Å². The van der Waals surface area contributed by atoms with Crippen molar-refractivity contribution in [1.82, 2.24) is 0 Å². The molecular weight excluding hydrogens is 569 g/mol. The molecule has 0 amide bonds. The van der Waals surface area contributed by atoms with Crippen molar-refractivity contribution < 1.29 is 35.5 Å². The fourth-order valence-electron chi connectivity index (χ4n) is 6.94. The molecule has 3 aromatic rings. The van der Waals surface area contributed by atoms with Crippen molar-refractivity contribution in [3.8, 4) is 5.75 Å². The molecule has 1 saturated carbocycles. The van der Waals surface area contributed by atoms with Gasteiger partial charge in [-0.1, -0.05) is 37.6 Å². The summed E-state index contributed by atoms with van der Waals surface area (Å²) in [5, 5.41) is 0. The van der Waals surface area contributed by atoms with Gasteiger partial charge in [-0.05, 0) is 134 Å². The van der Waals surface area contributed by atoms with E-state index in [9.17, 15) is 17.6 Å². The summed E-state index contributed by atoms with van der Waals surface area (Å²) in [5.41, 5.74) is 2.62. The number of hydrogen-bond acceptors (Lipinski definition) is 1. The Hall–Kier alpha value is -3.03. The molecule has 3 aromatic carbocycles. The lowest BCUT2D eigenvalue weighted by Crippen LogP contribution is -2.23. The Morgan fingerprint density at radius 1 is 0.767 bits per heavy atom. The van der Waals surface area contributed by atoms with Crippen LogP contribution in [0.5, 0.6) is 5.75 Å². The van der Waals surface area contributed by atoms with Crippen LogP contribution in [0.3, 0.4) is 0 Å². The van der Waals surface area contributed by atoms with Gasteiger partial charge in [0.05, 0.1) is 0 Å². The maximum Gasteiger partial charge on any atom is 0.573 e. The third kappa shape index (κ3) is 7.38. The third-order valence-corrected chi connectivity index (χ3v) is 9.33. The zero-order chi connectivity index (χ0) is 30.7. The Morgan fingerprint density at radius 3 is 2.12 bits per heavy atom. The van der Waals surface area contributed by atoms with Gasteiger partial charge < -0.3 is 4.74 Å². The molecule has 0 spiro atoms. The second kappa shape index (κ2) is 13.3. The minimum atomic E-state index is -4.77. The maximum atomic E-state index is 15.8. The van der Waals surface area contributed by atoms with Crippen molar-refractivity contribution in [2.45, 2.75) is 102 Å². The number of rotatable bonds is 9. The molecule has 1 fully saturated rings. The molecule has 1 nitrogen and oxygen atoms in total. The smallest absolute Gasteiger partial charge is 0.406 e. The minimum absolute atomic E-state index is 0.00850. The summed E-state index contributed by atoms with van der Waals surface area (Å²) in [6.45, 7) is 2.09. The van der Waals surface area contributed by atoms with Crippen LogP contribution in [0.25, 0.3) is 0 Å². The Kier molecular flexibility index (Phi) is 9.72. The van der Waals surface area contributed by atoms with Gasteiger partial charge in [0, 0.05) is 5.56 Å². The molecule has 43 heavy (non-hydrogen) atoms. The molecular formula is C35H37F7O. The van der Waals surface area contributed by atoms with Gasteiger partial charge in [0.15, 0.2) is 11.6 Å². The van der Waals surface area contributed by atoms with Crippen LogP contribution < -0.4 is 4.74 Å². The Balaban J connectivity index is 1.22. The molecule has 8 heteroatoms. The van der Waals surface area contributed by atoms with E-state index in [-0.39, 0.29) is 46.5 Å². The minimum Gasteiger partial charge on any atom is -0.406 e. The summed E-state index contributed by atoms with van der Waals surface area (Å²) < 4.78 is 103. The zero-order valence-electron chi connectivity index (χ0n) is 24.3. The van der Waals surface area contributed by atoms with Crippen LogP contribution in [0.1, 0.15) is 104 Å². The molecule has 0 saturated heterocycles. The lowest BCUT2D eigenvalue weighted by molar-refractivity contribution is -0.274. The molecule has 0 bridgehead atoms. The molecule has 1 atom stereocenters. The number of fused-ring (bicyclic) bond motifs is 1. The first-order chi connectivity index (χ1) is 20.5. The monoisotopic (exact) mass is 606 g/mol. The Labute approximate surface area is 248 Å². The van der Waals surface area contributed by atoms with Crippen LogP contribution in [0.2, 0.25) is 0 Å². The van der Waals surface area contributed by atoms with Gasteiger partial charge in [-0.3, -0.25) is 0 Å². The first-order valence-corrected chi connectivity index (χ1v) is 15.3. The topological polar surface area (TPSA) is 9.23 Å². The average molecular weight is 607 g/mol. The molecule has 232 valence electrons. The summed E-state index contributed by atoms with van der Waals surface area (Å²) in [6.07, 6.45) is 2.46. The quantitative estimate of drug-likeness (QED) is 0.174. The van der Waals surface area contributed by atoms with Crippen molar-refractivity contribution in [3.05, 3.63) is 99.1 Å². The third-order valence-electron chi connectivity index (χ3n) is 9.33.